The molecule has 1 atom stereocenters. The fourth-order valence-electron chi connectivity index (χ4n) is 3.57. The molecule has 10 heteroatoms. The van der Waals surface area contributed by atoms with Crippen molar-refractivity contribution in [2.24, 2.45) is 4.99 Å². The fraction of sp³-hybridized carbons (Fsp3) is 0.174. The minimum absolute atomic E-state index is 0.0750. The number of fused-ring (bicyclic) bond motifs is 1. The summed E-state index contributed by atoms with van der Waals surface area (Å²) in [5.41, 5.74) is 1.96. The number of nitrogens with zero attached hydrogens (tertiary/aromatic N) is 2. The number of rotatable bonds is 4. The molecule has 0 bridgehead atoms. The lowest BCUT2D eigenvalue weighted by Crippen LogP contribution is -2.39. The molecule has 2 heterocycles. The van der Waals surface area contributed by atoms with Gasteiger partial charge in [-0.3, -0.25) is 9.36 Å². The van der Waals surface area contributed by atoms with Crippen molar-refractivity contribution in [3.05, 3.63) is 92.5 Å². The number of allylic oxidation sites excluding steroid dienone is 1. The second-order valence-corrected chi connectivity index (χ2v) is 10.3. The van der Waals surface area contributed by atoms with Gasteiger partial charge >= 0.3 is 5.97 Å². The van der Waals surface area contributed by atoms with Crippen LogP contribution in [0.2, 0.25) is 5.02 Å². The van der Waals surface area contributed by atoms with Gasteiger partial charge in [-0.2, -0.15) is 0 Å². The molecule has 3 aromatic rings. The number of phenolic OH excluding ortho intramolecular Hbond substituents is 1. The van der Waals surface area contributed by atoms with E-state index in [0.29, 0.717) is 40.1 Å². The molecule has 6 nitrogen and oxygen atoms in total. The largest absolute Gasteiger partial charge is 0.506 e. The summed E-state index contributed by atoms with van der Waals surface area (Å²) in [4.78, 5) is 31.4. The maximum atomic E-state index is 13.5. The van der Waals surface area contributed by atoms with Crippen LogP contribution in [0.1, 0.15) is 31.0 Å². The summed E-state index contributed by atoms with van der Waals surface area (Å²) in [6, 6.07) is 9.74. The number of aromatic hydroxyl groups is 1. The van der Waals surface area contributed by atoms with Gasteiger partial charge in [-0.1, -0.05) is 35.1 Å². The van der Waals surface area contributed by atoms with E-state index in [4.69, 9.17) is 16.3 Å². The minimum atomic E-state index is -0.696. The van der Waals surface area contributed by atoms with Crippen LogP contribution in [0, 0.1) is 0 Å². The first-order valence-electron chi connectivity index (χ1n) is 9.84. The standard InChI is InChI=1S/C23H17Br2ClN2O4S/c1-3-32-22(31)18-11(2)27-23-28(19(18)13-4-6-14(26)7-5-13)21(30)17(33-23)10-12-8-15(24)20(29)16(25)9-12/h4-10,19,29H,3H2,1-2H3/b17-10-. The number of thiazole rings is 1. The molecular formula is C23H17Br2ClN2O4S. The number of halogens is 3. The molecule has 0 radical (unpaired) electrons. The number of ether oxygens (including phenoxy) is 1. The highest BCUT2D eigenvalue weighted by atomic mass is 79.9. The van der Waals surface area contributed by atoms with Crippen molar-refractivity contribution in [3.63, 3.8) is 0 Å². The van der Waals surface area contributed by atoms with Gasteiger partial charge in [0, 0.05) is 5.02 Å². The molecule has 0 amide bonds. The van der Waals surface area contributed by atoms with Gasteiger partial charge in [0.15, 0.2) is 4.80 Å². The number of phenols is 1. The highest BCUT2D eigenvalue weighted by Gasteiger charge is 2.33. The van der Waals surface area contributed by atoms with Gasteiger partial charge in [0.1, 0.15) is 5.75 Å². The first-order valence-corrected chi connectivity index (χ1v) is 12.6. The highest BCUT2D eigenvalue weighted by molar-refractivity contribution is 9.11. The Morgan fingerprint density at radius 1 is 1.27 bits per heavy atom. The maximum Gasteiger partial charge on any atom is 0.338 e. The van der Waals surface area contributed by atoms with Gasteiger partial charge < -0.3 is 9.84 Å². The second-order valence-electron chi connectivity index (χ2n) is 7.19. The summed E-state index contributed by atoms with van der Waals surface area (Å²) in [6.07, 6.45) is 1.72. The van der Waals surface area contributed by atoms with E-state index in [1.165, 1.54) is 15.9 Å². The molecule has 170 valence electrons. The van der Waals surface area contributed by atoms with Crippen LogP contribution >= 0.6 is 54.8 Å². The lowest BCUT2D eigenvalue weighted by Gasteiger charge is -2.24. The molecule has 33 heavy (non-hydrogen) atoms. The Morgan fingerprint density at radius 3 is 2.52 bits per heavy atom. The topological polar surface area (TPSA) is 80.9 Å². The number of carbonyl (C=O) groups excluding carboxylic acids is 1. The zero-order valence-electron chi connectivity index (χ0n) is 17.4. The van der Waals surface area contributed by atoms with E-state index in [2.05, 4.69) is 36.9 Å². The molecule has 1 aromatic heterocycles. The van der Waals surface area contributed by atoms with E-state index >= 15 is 0 Å². The minimum Gasteiger partial charge on any atom is -0.506 e. The molecule has 1 N–H and O–H groups in total. The molecule has 1 aliphatic heterocycles. The zero-order chi connectivity index (χ0) is 23.9. The third kappa shape index (κ3) is 4.59. The predicted molar refractivity (Wildman–Crippen MR) is 135 cm³/mol. The van der Waals surface area contributed by atoms with Crippen molar-refractivity contribution in [2.75, 3.05) is 6.61 Å². The molecule has 4 rings (SSSR count). The van der Waals surface area contributed by atoms with Gasteiger partial charge in [0.05, 0.1) is 37.4 Å². The van der Waals surface area contributed by atoms with E-state index < -0.39 is 12.0 Å². The quantitative estimate of drug-likeness (QED) is 0.434. The van der Waals surface area contributed by atoms with Crippen LogP contribution in [0.4, 0.5) is 0 Å². The first-order chi connectivity index (χ1) is 15.7. The Hall–Kier alpha value is -2.20. The van der Waals surface area contributed by atoms with E-state index in [1.54, 1.807) is 56.3 Å². The van der Waals surface area contributed by atoms with Gasteiger partial charge in [-0.25, -0.2) is 9.79 Å². The Bertz CT molecular complexity index is 1450. The monoisotopic (exact) mass is 610 g/mol. The summed E-state index contributed by atoms with van der Waals surface area (Å²) in [7, 11) is 0. The second kappa shape index (κ2) is 9.58. The lowest BCUT2D eigenvalue weighted by atomic mass is 9.96. The SMILES string of the molecule is CCOC(=O)C1=C(C)N=c2s/c(=C\c3cc(Br)c(O)c(Br)c3)c(=O)n2C1c1ccc(Cl)cc1. The van der Waals surface area contributed by atoms with E-state index in [9.17, 15) is 14.7 Å². The van der Waals surface area contributed by atoms with Crippen LogP contribution in [-0.4, -0.2) is 22.2 Å². The van der Waals surface area contributed by atoms with E-state index in [-0.39, 0.29) is 17.9 Å². The van der Waals surface area contributed by atoms with Crippen LogP contribution in [0.15, 0.2) is 66.4 Å². The van der Waals surface area contributed by atoms with E-state index in [1.807, 2.05) is 0 Å². The summed E-state index contributed by atoms with van der Waals surface area (Å²) in [6.45, 7) is 3.67. The van der Waals surface area contributed by atoms with Gasteiger partial charge in [0.25, 0.3) is 5.56 Å². The van der Waals surface area contributed by atoms with Crippen LogP contribution < -0.4 is 14.9 Å². The number of carbonyl (C=O) groups is 1. The molecule has 0 fully saturated rings. The Kier molecular flexibility index (Phi) is 6.95. The highest BCUT2D eigenvalue weighted by Crippen LogP contribution is 2.34. The molecule has 2 aromatic carbocycles. The Morgan fingerprint density at radius 2 is 1.91 bits per heavy atom. The summed E-state index contributed by atoms with van der Waals surface area (Å²) in [5.74, 6) is -0.439. The normalized spacial score (nSPS) is 15.9. The van der Waals surface area contributed by atoms with Crippen molar-refractivity contribution in [3.8, 4) is 5.75 Å². The number of hydrogen-bond acceptors (Lipinski definition) is 6. The van der Waals surface area contributed by atoms with Gasteiger partial charge in [0.2, 0.25) is 0 Å². The molecule has 0 aliphatic carbocycles. The van der Waals surface area contributed by atoms with Crippen LogP contribution in [0.5, 0.6) is 5.75 Å². The molecule has 0 spiro atoms. The molecule has 0 saturated carbocycles. The summed E-state index contributed by atoms with van der Waals surface area (Å²) in [5, 5.41) is 10.5. The third-order valence-electron chi connectivity index (χ3n) is 5.04. The summed E-state index contributed by atoms with van der Waals surface area (Å²) < 4.78 is 8.23. The summed E-state index contributed by atoms with van der Waals surface area (Å²) >= 11 is 13.9. The third-order valence-corrected chi connectivity index (χ3v) is 7.48. The molecular weight excluding hydrogens is 596 g/mol. The average molecular weight is 613 g/mol. The number of esters is 1. The molecule has 1 unspecified atom stereocenters. The van der Waals surface area contributed by atoms with Crippen molar-refractivity contribution in [2.45, 2.75) is 19.9 Å². The smallest absolute Gasteiger partial charge is 0.338 e. The lowest BCUT2D eigenvalue weighted by molar-refractivity contribution is -0.139. The van der Waals surface area contributed by atoms with Crippen molar-refractivity contribution < 1.29 is 14.6 Å². The molecule has 1 aliphatic rings. The first kappa shape index (κ1) is 23.9. The maximum absolute atomic E-state index is 13.5. The predicted octanol–water partition coefficient (Wildman–Crippen LogP) is 4.68. The Balaban J connectivity index is 1.96. The van der Waals surface area contributed by atoms with Gasteiger partial charge in [-0.05, 0) is 87.2 Å². The van der Waals surface area contributed by atoms with Crippen LogP contribution in [0.3, 0.4) is 0 Å². The Labute approximate surface area is 214 Å². The van der Waals surface area contributed by atoms with Crippen LogP contribution in [-0.2, 0) is 9.53 Å². The number of hydrogen-bond donors (Lipinski definition) is 1. The van der Waals surface area contributed by atoms with Gasteiger partial charge in [-0.15, -0.1) is 0 Å². The fourth-order valence-corrected chi connectivity index (χ4v) is 5.97. The number of benzene rings is 2. The molecule has 0 saturated heterocycles. The average Bonchev–Trinajstić information content (AvgIpc) is 3.06. The zero-order valence-corrected chi connectivity index (χ0v) is 22.2. The van der Waals surface area contributed by atoms with Crippen molar-refractivity contribution in [1.82, 2.24) is 4.57 Å². The van der Waals surface area contributed by atoms with E-state index in [0.717, 1.165) is 5.56 Å². The van der Waals surface area contributed by atoms with Crippen molar-refractivity contribution in [1.29, 1.82) is 0 Å². The number of aromatic nitrogens is 1. The van der Waals surface area contributed by atoms with Crippen molar-refractivity contribution >= 4 is 66.8 Å². The van der Waals surface area contributed by atoms with Crippen LogP contribution in [0.25, 0.3) is 6.08 Å².